The molecule has 0 unspecified atom stereocenters. The minimum atomic E-state index is -0.443. The zero-order valence-corrected chi connectivity index (χ0v) is 17.2. The maximum absolute atomic E-state index is 12.7. The summed E-state index contributed by atoms with van der Waals surface area (Å²) in [4.78, 5) is 25.4. The van der Waals surface area contributed by atoms with Crippen LogP contribution in [0.15, 0.2) is 47.4 Å². The normalized spacial score (nSPS) is 11.6. The number of nitrogens with zero attached hydrogens (tertiary/aromatic N) is 2. The van der Waals surface area contributed by atoms with Gasteiger partial charge in [-0.3, -0.25) is 14.9 Å². The lowest BCUT2D eigenvalue weighted by Gasteiger charge is -2.22. The van der Waals surface area contributed by atoms with E-state index in [1.807, 2.05) is 32.0 Å². The van der Waals surface area contributed by atoms with Gasteiger partial charge in [-0.15, -0.1) is 11.8 Å². The number of hydrogen-bond donors (Lipinski definition) is 0. The summed E-state index contributed by atoms with van der Waals surface area (Å²) in [6.45, 7) is 4.71. The summed E-state index contributed by atoms with van der Waals surface area (Å²) in [5.41, 5.74) is 0.966. The van der Waals surface area contributed by atoms with Crippen molar-refractivity contribution in [3.05, 3.63) is 58.1 Å². The average Bonchev–Trinajstić information content (AvgIpc) is 2.68. The Bertz CT molecular complexity index is 826. The molecular weight excluding hydrogens is 380 g/mol. The zero-order valence-electron chi connectivity index (χ0n) is 16.4. The van der Waals surface area contributed by atoms with Crippen molar-refractivity contribution in [2.45, 2.75) is 30.5 Å². The Morgan fingerprint density at radius 3 is 2.46 bits per heavy atom. The largest absolute Gasteiger partial charge is 0.493 e. The molecule has 2 aromatic rings. The Morgan fingerprint density at radius 2 is 1.89 bits per heavy atom. The highest BCUT2D eigenvalue weighted by atomic mass is 32.2. The molecule has 7 nitrogen and oxygen atoms in total. The minimum Gasteiger partial charge on any atom is -0.493 e. The van der Waals surface area contributed by atoms with Crippen LogP contribution in [-0.4, -0.2) is 41.7 Å². The van der Waals surface area contributed by atoms with E-state index in [0.29, 0.717) is 24.7 Å². The van der Waals surface area contributed by atoms with Crippen molar-refractivity contribution in [2.75, 3.05) is 20.8 Å². The third-order valence-corrected chi connectivity index (χ3v) is 5.13. The van der Waals surface area contributed by atoms with E-state index in [1.54, 1.807) is 31.2 Å². The van der Waals surface area contributed by atoms with E-state index in [4.69, 9.17) is 9.47 Å². The molecule has 0 N–H and O–H groups in total. The number of rotatable bonds is 9. The van der Waals surface area contributed by atoms with Gasteiger partial charge in [0.25, 0.3) is 5.69 Å². The Hall–Kier alpha value is -2.74. The predicted molar refractivity (Wildman–Crippen MR) is 109 cm³/mol. The zero-order chi connectivity index (χ0) is 20.7. The van der Waals surface area contributed by atoms with Crippen molar-refractivity contribution in [2.24, 2.45) is 0 Å². The second-order valence-electron chi connectivity index (χ2n) is 6.12. The predicted octanol–water partition coefficient (Wildman–Crippen LogP) is 4.14. The Balaban J connectivity index is 2.00. The van der Waals surface area contributed by atoms with Gasteiger partial charge in [-0.05, 0) is 43.7 Å². The molecule has 0 saturated carbocycles. The highest BCUT2D eigenvalue weighted by Gasteiger charge is 2.20. The molecule has 2 rings (SSSR count). The van der Waals surface area contributed by atoms with E-state index < -0.39 is 4.92 Å². The van der Waals surface area contributed by atoms with Crippen molar-refractivity contribution in [3.63, 3.8) is 0 Å². The number of carbonyl (C=O) groups is 1. The van der Waals surface area contributed by atoms with E-state index in [1.165, 1.54) is 23.9 Å². The molecular formula is C20H24N2O5S. The Morgan fingerprint density at radius 1 is 1.21 bits per heavy atom. The molecule has 0 aliphatic carbocycles. The first-order valence-corrected chi connectivity index (χ1v) is 9.69. The summed E-state index contributed by atoms with van der Waals surface area (Å²) in [5.74, 6) is 1.27. The van der Waals surface area contributed by atoms with Crippen molar-refractivity contribution in [3.8, 4) is 11.5 Å². The third-order valence-electron chi connectivity index (χ3n) is 4.03. The number of hydrogen-bond acceptors (Lipinski definition) is 6. The fourth-order valence-corrected chi connectivity index (χ4v) is 3.63. The van der Waals surface area contributed by atoms with E-state index >= 15 is 0 Å². The van der Waals surface area contributed by atoms with Crippen LogP contribution in [0.2, 0.25) is 0 Å². The topological polar surface area (TPSA) is 81.9 Å². The van der Waals surface area contributed by atoms with E-state index in [9.17, 15) is 14.9 Å². The molecule has 0 aliphatic heterocycles. The molecule has 1 atom stereocenters. The van der Waals surface area contributed by atoms with Crippen LogP contribution in [0.3, 0.4) is 0 Å². The van der Waals surface area contributed by atoms with Crippen LogP contribution < -0.4 is 9.47 Å². The lowest BCUT2D eigenvalue weighted by molar-refractivity contribution is -0.384. The molecule has 0 bridgehead atoms. The average molecular weight is 404 g/mol. The van der Waals surface area contributed by atoms with Gasteiger partial charge in [-0.1, -0.05) is 6.07 Å². The van der Waals surface area contributed by atoms with E-state index in [0.717, 1.165) is 10.5 Å². The number of ether oxygens (including phenoxy) is 2. The molecule has 0 fully saturated rings. The van der Waals surface area contributed by atoms with Gasteiger partial charge in [0.2, 0.25) is 5.91 Å². The molecule has 0 saturated heterocycles. The Kier molecular flexibility index (Phi) is 7.69. The lowest BCUT2D eigenvalue weighted by Crippen LogP contribution is -2.32. The summed E-state index contributed by atoms with van der Waals surface area (Å²) >= 11 is 1.37. The Labute approximate surface area is 168 Å². The molecule has 1 amide bonds. The van der Waals surface area contributed by atoms with E-state index in [-0.39, 0.29) is 16.8 Å². The van der Waals surface area contributed by atoms with Crippen LogP contribution in [0.4, 0.5) is 5.69 Å². The molecule has 0 radical (unpaired) electrons. The second kappa shape index (κ2) is 9.98. The third kappa shape index (κ3) is 5.63. The molecule has 2 aromatic carbocycles. The van der Waals surface area contributed by atoms with Crippen LogP contribution >= 0.6 is 11.8 Å². The summed E-state index contributed by atoms with van der Waals surface area (Å²) in [5, 5.41) is 10.4. The number of amides is 1. The number of benzene rings is 2. The van der Waals surface area contributed by atoms with Crippen molar-refractivity contribution >= 4 is 23.4 Å². The van der Waals surface area contributed by atoms with Gasteiger partial charge in [-0.25, -0.2) is 0 Å². The summed E-state index contributed by atoms with van der Waals surface area (Å²) in [6.07, 6.45) is 0. The highest BCUT2D eigenvalue weighted by molar-refractivity contribution is 8.00. The molecule has 0 aliphatic rings. The first-order chi connectivity index (χ1) is 13.3. The quantitative estimate of drug-likeness (QED) is 0.355. The molecule has 0 spiro atoms. The fourth-order valence-electron chi connectivity index (χ4n) is 2.65. The number of thioether (sulfide) groups is 1. The maximum Gasteiger partial charge on any atom is 0.269 e. The summed E-state index contributed by atoms with van der Waals surface area (Å²) in [6, 6.07) is 11.8. The molecule has 0 heterocycles. The highest BCUT2D eigenvalue weighted by Crippen LogP contribution is 2.29. The molecule has 8 heteroatoms. The van der Waals surface area contributed by atoms with Gasteiger partial charge in [0.15, 0.2) is 11.5 Å². The van der Waals surface area contributed by atoms with Gasteiger partial charge < -0.3 is 14.4 Å². The second-order valence-corrected chi connectivity index (χ2v) is 7.54. The molecule has 150 valence electrons. The van der Waals surface area contributed by atoms with Crippen molar-refractivity contribution in [1.82, 2.24) is 4.90 Å². The summed E-state index contributed by atoms with van der Waals surface area (Å²) in [7, 11) is 3.33. The maximum atomic E-state index is 12.7. The molecule has 28 heavy (non-hydrogen) atoms. The van der Waals surface area contributed by atoms with Gasteiger partial charge >= 0.3 is 0 Å². The van der Waals surface area contributed by atoms with Crippen LogP contribution in [-0.2, 0) is 11.3 Å². The number of nitro benzene ring substituents is 1. The standard InChI is InChI=1S/C20H24N2O5S/c1-5-27-18-11-6-15(12-19(18)26-4)13-21(3)20(23)14(2)28-17-9-7-16(8-10-17)22(24)25/h6-12,14H,5,13H2,1-4H3/t14-/m0/s1. The fraction of sp³-hybridized carbons (Fsp3) is 0.350. The van der Waals surface area contributed by atoms with Crippen LogP contribution in [0, 0.1) is 10.1 Å². The lowest BCUT2D eigenvalue weighted by atomic mass is 10.2. The van der Waals surface area contributed by atoms with E-state index in [2.05, 4.69) is 0 Å². The number of carbonyl (C=O) groups excluding carboxylic acids is 1. The summed E-state index contributed by atoms with van der Waals surface area (Å²) < 4.78 is 10.9. The first kappa shape index (κ1) is 21.6. The number of non-ortho nitro benzene ring substituents is 1. The van der Waals surface area contributed by atoms with Gasteiger partial charge in [-0.2, -0.15) is 0 Å². The van der Waals surface area contributed by atoms with Gasteiger partial charge in [0.1, 0.15) is 0 Å². The monoisotopic (exact) mass is 404 g/mol. The SMILES string of the molecule is CCOc1ccc(CN(C)C(=O)[C@H](C)Sc2ccc([N+](=O)[O-])cc2)cc1OC. The van der Waals surface area contributed by atoms with Gasteiger partial charge in [0, 0.05) is 30.6 Å². The number of methoxy groups -OCH3 is 1. The van der Waals surface area contributed by atoms with Crippen molar-refractivity contribution < 1.29 is 19.2 Å². The smallest absolute Gasteiger partial charge is 0.269 e. The van der Waals surface area contributed by atoms with Crippen LogP contribution in [0.5, 0.6) is 11.5 Å². The van der Waals surface area contributed by atoms with Crippen LogP contribution in [0.25, 0.3) is 0 Å². The minimum absolute atomic E-state index is 0.0313. The van der Waals surface area contributed by atoms with Crippen molar-refractivity contribution in [1.29, 1.82) is 0 Å². The molecule has 0 aromatic heterocycles. The first-order valence-electron chi connectivity index (χ1n) is 8.81. The van der Waals surface area contributed by atoms with Crippen LogP contribution in [0.1, 0.15) is 19.4 Å². The number of nitro groups is 1. The van der Waals surface area contributed by atoms with Gasteiger partial charge in [0.05, 0.1) is 23.9 Å².